The Labute approximate surface area is 110 Å². The maximum atomic E-state index is 12.0. The Morgan fingerprint density at radius 2 is 1.68 bits per heavy atom. The number of amides is 1. The zero-order chi connectivity index (χ0) is 13.2. The summed E-state index contributed by atoms with van der Waals surface area (Å²) in [7, 11) is 0. The van der Waals surface area contributed by atoms with Crippen molar-refractivity contribution in [3.05, 3.63) is 60.2 Å². The molecule has 2 aromatic rings. The van der Waals surface area contributed by atoms with Crippen LogP contribution in [0.25, 0.3) is 0 Å². The highest BCUT2D eigenvalue weighted by atomic mass is 16.5. The van der Waals surface area contributed by atoms with Gasteiger partial charge in [0.05, 0.1) is 5.56 Å². The van der Waals surface area contributed by atoms with E-state index in [9.17, 15) is 9.59 Å². The van der Waals surface area contributed by atoms with Crippen molar-refractivity contribution < 1.29 is 14.3 Å². The van der Waals surface area contributed by atoms with Crippen LogP contribution in [-0.2, 0) is 4.79 Å². The highest BCUT2D eigenvalue weighted by Gasteiger charge is 2.37. The van der Waals surface area contributed by atoms with Gasteiger partial charge in [0.25, 0.3) is 5.91 Å². The van der Waals surface area contributed by atoms with E-state index >= 15 is 0 Å². The van der Waals surface area contributed by atoms with E-state index in [0.29, 0.717) is 17.0 Å². The lowest BCUT2D eigenvalue weighted by atomic mass is 10.1. The summed E-state index contributed by atoms with van der Waals surface area (Å²) in [6.45, 7) is 0. The highest BCUT2D eigenvalue weighted by molar-refractivity contribution is 6.19. The summed E-state index contributed by atoms with van der Waals surface area (Å²) in [5.41, 5.74) is 1.09. The Morgan fingerprint density at radius 3 is 2.42 bits per heavy atom. The fraction of sp³-hybridized carbons (Fsp3) is 0.0667. The molecule has 0 saturated heterocycles. The van der Waals surface area contributed by atoms with E-state index in [1.165, 1.54) is 0 Å². The van der Waals surface area contributed by atoms with Crippen LogP contribution >= 0.6 is 0 Å². The summed E-state index contributed by atoms with van der Waals surface area (Å²) in [6.07, 6.45) is -1.10. The smallest absolute Gasteiger partial charge is 0.273 e. The molecule has 4 nitrogen and oxygen atoms in total. The minimum absolute atomic E-state index is 0.302. The van der Waals surface area contributed by atoms with Gasteiger partial charge in [0.2, 0.25) is 11.9 Å². The molecule has 1 atom stereocenters. The lowest BCUT2D eigenvalue weighted by Gasteiger charge is -2.10. The predicted octanol–water partition coefficient (Wildman–Crippen LogP) is 2.27. The fourth-order valence-electron chi connectivity index (χ4n) is 2.00. The van der Waals surface area contributed by atoms with Crippen LogP contribution in [0, 0.1) is 0 Å². The number of anilines is 1. The largest absolute Gasteiger partial charge is 0.472 e. The molecule has 1 aliphatic rings. The van der Waals surface area contributed by atoms with Gasteiger partial charge in [-0.1, -0.05) is 30.3 Å². The normalized spacial score (nSPS) is 16.6. The van der Waals surface area contributed by atoms with Crippen molar-refractivity contribution in [1.29, 1.82) is 0 Å². The van der Waals surface area contributed by atoms with Crippen LogP contribution < -0.4 is 10.1 Å². The number of hydrogen-bond donors (Lipinski definition) is 1. The molecule has 0 bridgehead atoms. The van der Waals surface area contributed by atoms with Crippen molar-refractivity contribution in [3.63, 3.8) is 0 Å². The Kier molecular flexibility index (Phi) is 2.76. The maximum absolute atomic E-state index is 12.0. The molecule has 4 heteroatoms. The number of ether oxygens (including phenoxy) is 1. The van der Waals surface area contributed by atoms with E-state index in [2.05, 4.69) is 5.32 Å². The summed E-state index contributed by atoms with van der Waals surface area (Å²) >= 11 is 0. The number of rotatable bonds is 2. The average Bonchev–Trinajstić information content (AvgIpc) is 2.78. The van der Waals surface area contributed by atoms with Crippen LogP contribution in [-0.4, -0.2) is 17.8 Å². The fourth-order valence-corrected chi connectivity index (χ4v) is 2.00. The van der Waals surface area contributed by atoms with E-state index in [-0.39, 0.29) is 5.78 Å². The quantitative estimate of drug-likeness (QED) is 0.835. The summed E-state index contributed by atoms with van der Waals surface area (Å²) in [5.74, 6) is -0.294. The maximum Gasteiger partial charge on any atom is 0.273 e. The molecule has 1 heterocycles. The molecule has 0 saturated carbocycles. The summed E-state index contributed by atoms with van der Waals surface area (Å²) in [6, 6.07) is 15.8. The number of Topliss-reactive ketones (excluding diaryl/α,β-unsaturated/α-hetero) is 1. The van der Waals surface area contributed by atoms with Crippen LogP contribution in [0.1, 0.15) is 10.4 Å². The molecule has 0 spiro atoms. The molecule has 0 fully saturated rings. The van der Waals surface area contributed by atoms with Crippen LogP contribution in [0.5, 0.6) is 5.75 Å². The van der Waals surface area contributed by atoms with Gasteiger partial charge in [-0.05, 0) is 24.3 Å². The zero-order valence-corrected chi connectivity index (χ0v) is 10.00. The molecule has 0 radical (unpaired) electrons. The molecular formula is C15H11NO3. The lowest BCUT2D eigenvalue weighted by Crippen LogP contribution is -2.35. The molecule has 94 valence electrons. The third-order valence-electron chi connectivity index (χ3n) is 2.91. The highest BCUT2D eigenvalue weighted by Crippen LogP contribution is 2.28. The van der Waals surface area contributed by atoms with Crippen LogP contribution in [0.4, 0.5) is 5.69 Å². The summed E-state index contributed by atoms with van der Waals surface area (Å²) in [5, 5.41) is 2.66. The molecule has 1 N–H and O–H groups in total. The number of fused-ring (bicyclic) bond motifs is 1. The number of carbonyl (C=O) groups excluding carboxylic acids is 2. The lowest BCUT2D eigenvalue weighted by molar-refractivity contribution is -0.120. The molecule has 19 heavy (non-hydrogen) atoms. The van der Waals surface area contributed by atoms with Gasteiger partial charge in [0.15, 0.2) is 0 Å². The third kappa shape index (κ3) is 2.08. The number of hydrogen-bond acceptors (Lipinski definition) is 3. The van der Waals surface area contributed by atoms with Crippen LogP contribution in [0.3, 0.4) is 0 Å². The van der Waals surface area contributed by atoms with Gasteiger partial charge >= 0.3 is 0 Å². The molecule has 1 unspecified atom stereocenters. The first-order valence-electron chi connectivity index (χ1n) is 5.91. The zero-order valence-electron chi connectivity index (χ0n) is 10.00. The minimum Gasteiger partial charge on any atom is -0.472 e. The number of ketones is 1. The minimum atomic E-state index is -1.10. The third-order valence-corrected chi connectivity index (χ3v) is 2.91. The monoisotopic (exact) mass is 253 g/mol. The Balaban J connectivity index is 1.79. The first-order chi connectivity index (χ1) is 9.25. The summed E-state index contributed by atoms with van der Waals surface area (Å²) in [4.78, 5) is 24.1. The molecule has 3 rings (SSSR count). The van der Waals surface area contributed by atoms with Crippen LogP contribution in [0.2, 0.25) is 0 Å². The van der Waals surface area contributed by atoms with Gasteiger partial charge in [-0.3, -0.25) is 9.59 Å². The molecule has 1 aliphatic heterocycles. The van der Waals surface area contributed by atoms with Gasteiger partial charge < -0.3 is 10.1 Å². The first kappa shape index (κ1) is 11.5. The van der Waals surface area contributed by atoms with Gasteiger partial charge in [0.1, 0.15) is 5.75 Å². The molecule has 1 amide bonds. The van der Waals surface area contributed by atoms with E-state index in [1.54, 1.807) is 36.4 Å². The Bertz CT molecular complexity index is 637. The van der Waals surface area contributed by atoms with Gasteiger partial charge in [0, 0.05) is 5.69 Å². The van der Waals surface area contributed by atoms with Crippen molar-refractivity contribution in [2.45, 2.75) is 6.10 Å². The van der Waals surface area contributed by atoms with Crippen molar-refractivity contribution in [1.82, 2.24) is 0 Å². The van der Waals surface area contributed by atoms with Gasteiger partial charge in [-0.25, -0.2) is 0 Å². The molecule has 0 aliphatic carbocycles. The Hall–Kier alpha value is -2.62. The van der Waals surface area contributed by atoms with E-state index in [1.807, 2.05) is 18.2 Å². The number of para-hydroxylation sites is 2. The number of benzene rings is 2. The van der Waals surface area contributed by atoms with Crippen molar-refractivity contribution >= 4 is 17.4 Å². The standard InChI is InChI=1S/C15H11NO3/c17-13-11-8-4-5-9-12(11)19-14(13)15(18)16-10-6-2-1-3-7-10/h1-9,14H,(H,16,18). The van der Waals surface area contributed by atoms with Gasteiger partial charge in [-0.2, -0.15) is 0 Å². The Morgan fingerprint density at radius 1 is 1.00 bits per heavy atom. The molecule has 0 aromatic heterocycles. The molecular weight excluding hydrogens is 242 g/mol. The predicted molar refractivity (Wildman–Crippen MR) is 70.3 cm³/mol. The second-order valence-electron chi connectivity index (χ2n) is 4.21. The van der Waals surface area contributed by atoms with E-state index < -0.39 is 12.0 Å². The van der Waals surface area contributed by atoms with Crippen molar-refractivity contribution in [2.24, 2.45) is 0 Å². The van der Waals surface area contributed by atoms with Crippen molar-refractivity contribution in [3.8, 4) is 5.75 Å². The topological polar surface area (TPSA) is 55.4 Å². The second-order valence-corrected chi connectivity index (χ2v) is 4.21. The molecule has 2 aromatic carbocycles. The first-order valence-corrected chi connectivity index (χ1v) is 5.91. The van der Waals surface area contributed by atoms with E-state index in [4.69, 9.17) is 4.74 Å². The average molecular weight is 253 g/mol. The second kappa shape index (κ2) is 4.57. The van der Waals surface area contributed by atoms with E-state index in [0.717, 1.165) is 0 Å². The van der Waals surface area contributed by atoms with Gasteiger partial charge in [-0.15, -0.1) is 0 Å². The number of carbonyl (C=O) groups is 2. The number of nitrogens with one attached hydrogen (secondary N) is 1. The summed E-state index contributed by atoms with van der Waals surface area (Å²) < 4.78 is 5.39. The van der Waals surface area contributed by atoms with Crippen LogP contribution in [0.15, 0.2) is 54.6 Å². The SMILES string of the molecule is O=C(Nc1ccccc1)C1Oc2ccccc2C1=O. The van der Waals surface area contributed by atoms with Crippen molar-refractivity contribution in [2.75, 3.05) is 5.32 Å².